The number of halogens is 3. The molecule has 0 atom stereocenters. The molecule has 0 bridgehead atoms. The minimum Gasteiger partial charge on any atom is -0.293 e. The van der Waals surface area contributed by atoms with Gasteiger partial charge in [-0.05, 0) is 37.0 Å². The summed E-state index contributed by atoms with van der Waals surface area (Å²) in [6, 6.07) is 6.25. The van der Waals surface area contributed by atoms with Gasteiger partial charge < -0.3 is 0 Å². The molecule has 2 aromatic rings. The topological polar surface area (TPSA) is 108 Å². The van der Waals surface area contributed by atoms with Crippen LogP contribution < -0.4 is 5.32 Å². The summed E-state index contributed by atoms with van der Waals surface area (Å²) in [4.78, 5) is 15.3. The Morgan fingerprint density at radius 3 is 2.38 bits per heavy atom. The first kappa shape index (κ1) is 21.2. The van der Waals surface area contributed by atoms with E-state index in [0.717, 1.165) is 24.8 Å². The Kier molecular flexibility index (Phi) is 6.22. The number of rotatable bonds is 6. The number of aromatic amines is 1. The molecule has 1 saturated heterocycles. The lowest BCUT2D eigenvalue weighted by molar-refractivity contribution is -0.144. The summed E-state index contributed by atoms with van der Waals surface area (Å²) >= 11 is 0. The predicted molar refractivity (Wildman–Crippen MR) is 97.4 cm³/mol. The molecule has 1 aliphatic rings. The van der Waals surface area contributed by atoms with Crippen molar-refractivity contribution in [3.05, 3.63) is 35.7 Å². The first-order valence-corrected chi connectivity index (χ1v) is 10.5. The Morgan fingerprint density at radius 1 is 1.14 bits per heavy atom. The van der Waals surface area contributed by atoms with Crippen LogP contribution in [0.5, 0.6) is 0 Å². The molecular formula is C17H20F3N5O3S. The van der Waals surface area contributed by atoms with Crippen LogP contribution >= 0.6 is 0 Å². The molecule has 0 radical (unpaired) electrons. The van der Waals surface area contributed by atoms with E-state index in [1.54, 1.807) is 17.2 Å². The summed E-state index contributed by atoms with van der Waals surface area (Å²) in [6.07, 6.45) is -1.69. The summed E-state index contributed by atoms with van der Waals surface area (Å²) in [6.45, 7) is 1.03. The van der Waals surface area contributed by atoms with Crippen molar-refractivity contribution >= 4 is 21.9 Å². The predicted octanol–water partition coefficient (Wildman–Crippen LogP) is 2.57. The van der Waals surface area contributed by atoms with Crippen LogP contribution in [-0.4, -0.2) is 46.9 Å². The van der Waals surface area contributed by atoms with Crippen LogP contribution in [0.4, 0.5) is 19.1 Å². The van der Waals surface area contributed by atoms with Crippen molar-refractivity contribution in [3.63, 3.8) is 0 Å². The van der Waals surface area contributed by atoms with Gasteiger partial charge in [0.05, 0.1) is 4.90 Å². The zero-order valence-corrected chi connectivity index (χ0v) is 16.2. The molecule has 1 aromatic carbocycles. The van der Waals surface area contributed by atoms with Gasteiger partial charge in [-0.1, -0.05) is 18.6 Å². The second-order valence-electron chi connectivity index (χ2n) is 6.66. The molecule has 0 unspecified atom stereocenters. The number of hydrogen-bond acceptors (Lipinski definition) is 5. The number of hydrogen-bond donors (Lipinski definition) is 2. The number of anilines is 1. The van der Waals surface area contributed by atoms with Gasteiger partial charge >= 0.3 is 6.18 Å². The Morgan fingerprint density at radius 2 is 1.79 bits per heavy atom. The molecular weight excluding hydrogens is 411 g/mol. The zero-order chi connectivity index (χ0) is 21.1. The second kappa shape index (κ2) is 8.49. The van der Waals surface area contributed by atoms with Gasteiger partial charge in [-0.15, -0.1) is 5.10 Å². The Labute approximate surface area is 165 Å². The van der Waals surface area contributed by atoms with Gasteiger partial charge in [0, 0.05) is 19.5 Å². The molecule has 1 amide bonds. The van der Waals surface area contributed by atoms with Gasteiger partial charge in [0.1, 0.15) is 0 Å². The number of benzene rings is 1. The van der Waals surface area contributed by atoms with Crippen molar-refractivity contribution in [1.82, 2.24) is 19.5 Å². The molecule has 1 aliphatic heterocycles. The summed E-state index contributed by atoms with van der Waals surface area (Å²) in [5.41, 5.74) is 0.726. The van der Waals surface area contributed by atoms with Gasteiger partial charge in [0.25, 0.3) is 0 Å². The third-order valence-corrected chi connectivity index (χ3v) is 6.43. The zero-order valence-electron chi connectivity index (χ0n) is 15.4. The van der Waals surface area contributed by atoms with Crippen molar-refractivity contribution in [2.45, 2.75) is 43.2 Å². The summed E-state index contributed by atoms with van der Waals surface area (Å²) in [5, 5.41) is 7.20. The smallest absolute Gasteiger partial charge is 0.293 e. The van der Waals surface area contributed by atoms with Crippen molar-refractivity contribution in [2.75, 3.05) is 18.4 Å². The van der Waals surface area contributed by atoms with Crippen LogP contribution in [0.1, 0.15) is 37.1 Å². The number of piperidine rings is 1. The van der Waals surface area contributed by atoms with E-state index in [2.05, 4.69) is 15.4 Å². The maximum atomic E-state index is 12.6. The first-order chi connectivity index (χ1) is 13.7. The molecule has 3 rings (SSSR count). The molecule has 1 aromatic heterocycles. The molecule has 2 N–H and O–H groups in total. The molecule has 0 spiro atoms. The van der Waals surface area contributed by atoms with E-state index in [0.29, 0.717) is 13.1 Å². The fraction of sp³-hybridized carbons (Fsp3) is 0.471. The van der Waals surface area contributed by atoms with Crippen LogP contribution in [0.25, 0.3) is 0 Å². The van der Waals surface area contributed by atoms with Gasteiger partial charge in [-0.25, -0.2) is 8.42 Å². The number of carbonyl (C=O) groups excluding carboxylic acids is 1. The lowest BCUT2D eigenvalue weighted by Crippen LogP contribution is -2.35. The minimum absolute atomic E-state index is 0.0197. The fourth-order valence-electron chi connectivity index (χ4n) is 2.97. The lowest BCUT2D eigenvalue weighted by atomic mass is 10.1. The summed E-state index contributed by atoms with van der Waals surface area (Å²) in [7, 11) is -3.52. The molecule has 29 heavy (non-hydrogen) atoms. The highest BCUT2D eigenvalue weighted by atomic mass is 32.2. The Balaban J connectivity index is 1.54. The van der Waals surface area contributed by atoms with Crippen LogP contribution in [0.3, 0.4) is 0 Å². The average Bonchev–Trinajstić information content (AvgIpc) is 3.16. The maximum Gasteiger partial charge on any atom is 0.451 e. The number of nitrogens with one attached hydrogen (secondary N) is 2. The van der Waals surface area contributed by atoms with Gasteiger partial charge in [0.15, 0.2) is 0 Å². The quantitative estimate of drug-likeness (QED) is 0.731. The second-order valence-corrected chi connectivity index (χ2v) is 8.60. The molecule has 158 valence electrons. The molecule has 8 nitrogen and oxygen atoms in total. The van der Waals surface area contributed by atoms with E-state index in [9.17, 15) is 26.4 Å². The highest BCUT2D eigenvalue weighted by molar-refractivity contribution is 7.89. The number of amides is 1. The van der Waals surface area contributed by atoms with E-state index in [4.69, 9.17) is 0 Å². The van der Waals surface area contributed by atoms with Crippen LogP contribution in [0, 0.1) is 0 Å². The van der Waals surface area contributed by atoms with Gasteiger partial charge in [-0.3, -0.25) is 15.2 Å². The lowest BCUT2D eigenvalue weighted by Gasteiger charge is -2.25. The molecule has 0 aliphatic carbocycles. The standard InChI is InChI=1S/C17H20F3N5O3S/c18-17(19,20)15-22-16(24-23-15)21-14(26)9-6-12-4-7-13(8-5-12)29(27,28)25-10-2-1-3-11-25/h4-5,7-8H,1-3,6,9-11H2,(H2,21,22,23,24,26). The monoisotopic (exact) mass is 431 g/mol. The van der Waals surface area contributed by atoms with Gasteiger partial charge in [0.2, 0.25) is 27.7 Å². The molecule has 2 heterocycles. The normalized spacial score (nSPS) is 16.0. The largest absolute Gasteiger partial charge is 0.451 e. The van der Waals surface area contributed by atoms with E-state index >= 15 is 0 Å². The van der Waals surface area contributed by atoms with E-state index in [1.807, 2.05) is 0 Å². The molecule has 1 fully saturated rings. The van der Waals surface area contributed by atoms with Crippen LogP contribution in [0.2, 0.25) is 0 Å². The number of sulfonamides is 1. The van der Waals surface area contributed by atoms with Crippen molar-refractivity contribution in [1.29, 1.82) is 0 Å². The highest BCUT2D eigenvalue weighted by Crippen LogP contribution is 2.26. The first-order valence-electron chi connectivity index (χ1n) is 9.05. The number of carbonyl (C=O) groups is 1. The SMILES string of the molecule is O=C(CCc1ccc(S(=O)(=O)N2CCCCC2)cc1)Nc1n[nH]c(C(F)(F)F)n1. The van der Waals surface area contributed by atoms with Crippen molar-refractivity contribution < 1.29 is 26.4 Å². The number of alkyl halides is 3. The molecule has 12 heteroatoms. The average molecular weight is 431 g/mol. The maximum absolute atomic E-state index is 12.6. The van der Waals surface area contributed by atoms with Gasteiger partial charge in [-0.2, -0.15) is 22.5 Å². The number of aryl methyl sites for hydroxylation is 1. The van der Waals surface area contributed by atoms with Crippen molar-refractivity contribution in [2.24, 2.45) is 0 Å². The number of H-pyrrole nitrogens is 1. The third kappa shape index (κ3) is 5.32. The van der Waals surface area contributed by atoms with Crippen LogP contribution in [-0.2, 0) is 27.4 Å². The van der Waals surface area contributed by atoms with E-state index in [1.165, 1.54) is 16.4 Å². The highest BCUT2D eigenvalue weighted by Gasteiger charge is 2.35. The Bertz CT molecular complexity index is 951. The van der Waals surface area contributed by atoms with E-state index in [-0.39, 0.29) is 17.7 Å². The van der Waals surface area contributed by atoms with Crippen LogP contribution in [0.15, 0.2) is 29.2 Å². The summed E-state index contributed by atoms with van der Waals surface area (Å²) in [5.74, 6) is -2.30. The number of nitrogens with zero attached hydrogens (tertiary/aromatic N) is 3. The summed E-state index contributed by atoms with van der Waals surface area (Å²) < 4.78 is 64.0. The third-order valence-electron chi connectivity index (χ3n) is 4.52. The van der Waals surface area contributed by atoms with E-state index < -0.39 is 33.9 Å². The fourth-order valence-corrected chi connectivity index (χ4v) is 4.49. The van der Waals surface area contributed by atoms with Crippen molar-refractivity contribution in [3.8, 4) is 0 Å². The molecule has 0 saturated carbocycles. The number of aromatic nitrogens is 3. The minimum atomic E-state index is -4.67. The Hall–Kier alpha value is -2.47.